The molecule has 0 aliphatic heterocycles. The molecule has 8 nitrogen and oxygen atoms in total. The maximum Gasteiger partial charge on any atom is 0.279 e. The van der Waals surface area contributed by atoms with Crippen LogP contribution in [0.4, 0.5) is 10.2 Å². The van der Waals surface area contributed by atoms with E-state index in [1.807, 2.05) is 26.2 Å². The van der Waals surface area contributed by atoms with Gasteiger partial charge in [-0.1, -0.05) is 22.8 Å². The number of halogens is 2. The van der Waals surface area contributed by atoms with E-state index in [1.54, 1.807) is 23.0 Å². The normalized spacial score (nSPS) is 13.0. The van der Waals surface area contributed by atoms with E-state index in [0.717, 1.165) is 11.8 Å². The monoisotopic (exact) mass is 440 g/mol. The number of anilines is 1. The van der Waals surface area contributed by atoms with Crippen LogP contribution in [-0.2, 0) is 18.9 Å². The molecule has 1 unspecified atom stereocenters. The minimum Gasteiger partial charge on any atom is -0.364 e. The zero-order valence-corrected chi connectivity index (χ0v) is 17.5. The fourth-order valence-corrected chi connectivity index (χ4v) is 3.54. The Hall–Kier alpha value is -3.59. The van der Waals surface area contributed by atoms with Crippen LogP contribution in [0, 0.1) is 5.82 Å². The molecule has 0 saturated carbocycles. The van der Waals surface area contributed by atoms with Gasteiger partial charge in [0.15, 0.2) is 5.69 Å². The summed E-state index contributed by atoms with van der Waals surface area (Å²) in [6, 6.07) is 8.09. The molecular weight excluding hydrogens is 423 g/mol. The summed E-state index contributed by atoms with van der Waals surface area (Å²) in [4.78, 5) is 21.0. The van der Waals surface area contributed by atoms with E-state index >= 15 is 0 Å². The summed E-state index contributed by atoms with van der Waals surface area (Å²) in [6.07, 6.45) is 6.19. The third kappa shape index (κ3) is 4.31. The second-order valence-corrected chi connectivity index (χ2v) is 7.64. The van der Waals surface area contributed by atoms with Gasteiger partial charge in [0, 0.05) is 30.3 Å². The van der Waals surface area contributed by atoms with E-state index in [4.69, 9.17) is 16.1 Å². The topological polar surface area (TPSA) is 98.7 Å². The number of aryl methyl sites for hydroxylation is 1. The highest BCUT2D eigenvalue weighted by Gasteiger charge is 2.34. The molecule has 4 rings (SSSR count). The third-order valence-corrected chi connectivity index (χ3v) is 5.21. The number of nitrogens with zero attached hydrogens (tertiary/aromatic N) is 5. The van der Waals surface area contributed by atoms with E-state index in [0.29, 0.717) is 16.4 Å². The van der Waals surface area contributed by atoms with Gasteiger partial charge in [0.2, 0.25) is 0 Å². The molecular formula is C21H18ClFN6O2. The van der Waals surface area contributed by atoms with E-state index in [9.17, 15) is 9.18 Å². The summed E-state index contributed by atoms with van der Waals surface area (Å²) >= 11 is 6.15. The quantitative estimate of drug-likeness (QED) is 0.458. The average Bonchev–Trinajstić information content (AvgIpc) is 3.42. The number of pyridine rings is 2. The zero-order valence-electron chi connectivity index (χ0n) is 16.7. The molecule has 0 aliphatic carbocycles. The fraction of sp³-hybridized carbons (Fsp3) is 0.190. The predicted molar refractivity (Wildman–Crippen MR) is 111 cm³/mol. The van der Waals surface area contributed by atoms with Crippen molar-refractivity contribution in [2.45, 2.75) is 18.8 Å². The van der Waals surface area contributed by atoms with Gasteiger partial charge in [-0.15, -0.1) is 0 Å². The molecule has 1 atom stereocenters. The van der Waals surface area contributed by atoms with Crippen molar-refractivity contribution in [2.24, 2.45) is 7.05 Å². The van der Waals surface area contributed by atoms with E-state index < -0.39 is 17.1 Å². The van der Waals surface area contributed by atoms with Crippen molar-refractivity contribution in [1.82, 2.24) is 24.9 Å². The number of hydrogen-bond donors (Lipinski definition) is 1. The van der Waals surface area contributed by atoms with Crippen LogP contribution in [0.3, 0.4) is 0 Å². The molecule has 0 bridgehead atoms. The summed E-state index contributed by atoms with van der Waals surface area (Å²) in [6.45, 7) is 1.96. The number of rotatable bonds is 6. The molecule has 0 aromatic carbocycles. The Morgan fingerprint density at radius 1 is 1.32 bits per heavy atom. The van der Waals surface area contributed by atoms with Crippen molar-refractivity contribution in [3.63, 3.8) is 0 Å². The maximum atomic E-state index is 14.2. The molecule has 158 valence electrons. The number of nitrogens with one attached hydrogen (secondary N) is 1. The standard InChI is InChI=1S/C21H18ClFN6O2/c1-21(14-10-25-29(2)12-14,17-4-3-5-18(22)26-17)9-13-8-15(23)11-24-19(13)27-20(30)16-6-7-31-28-16/h3-8,10-12H,9H2,1-2H3,(H,24,27,30). The number of aromatic nitrogens is 5. The highest BCUT2D eigenvalue weighted by Crippen LogP contribution is 2.36. The van der Waals surface area contributed by atoms with Gasteiger partial charge in [-0.2, -0.15) is 5.10 Å². The van der Waals surface area contributed by atoms with Gasteiger partial charge in [0.1, 0.15) is 23.1 Å². The minimum absolute atomic E-state index is 0.0867. The molecule has 0 fully saturated rings. The first kappa shape index (κ1) is 20.7. The van der Waals surface area contributed by atoms with Gasteiger partial charge in [-0.05, 0) is 37.1 Å². The average molecular weight is 441 g/mol. The first-order valence-electron chi connectivity index (χ1n) is 9.33. The van der Waals surface area contributed by atoms with Crippen molar-refractivity contribution in [3.8, 4) is 0 Å². The predicted octanol–water partition coefficient (Wildman–Crippen LogP) is 3.79. The summed E-state index contributed by atoms with van der Waals surface area (Å²) in [5.74, 6) is -0.827. The Bertz CT molecular complexity index is 1230. The smallest absolute Gasteiger partial charge is 0.279 e. The van der Waals surface area contributed by atoms with Crippen molar-refractivity contribution < 1.29 is 13.7 Å². The van der Waals surface area contributed by atoms with Crippen LogP contribution in [-0.4, -0.2) is 30.8 Å². The van der Waals surface area contributed by atoms with Crippen LogP contribution in [0.25, 0.3) is 0 Å². The molecule has 0 aliphatic rings. The van der Waals surface area contributed by atoms with Crippen molar-refractivity contribution in [2.75, 3.05) is 5.32 Å². The molecule has 10 heteroatoms. The number of carbonyl (C=O) groups is 1. The molecule has 4 aromatic heterocycles. The Morgan fingerprint density at radius 3 is 2.84 bits per heavy atom. The Morgan fingerprint density at radius 2 is 2.16 bits per heavy atom. The van der Waals surface area contributed by atoms with Gasteiger partial charge < -0.3 is 9.84 Å². The summed E-state index contributed by atoms with van der Waals surface area (Å²) < 4.78 is 20.5. The zero-order chi connectivity index (χ0) is 22.0. The lowest BCUT2D eigenvalue weighted by Crippen LogP contribution is -2.29. The van der Waals surface area contributed by atoms with E-state index in [-0.39, 0.29) is 17.9 Å². The molecule has 0 radical (unpaired) electrons. The van der Waals surface area contributed by atoms with Crippen LogP contribution in [0.2, 0.25) is 5.15 Å². The first-order valence-corrected chi connectivity index (χ1v) is 9.71. The minimum atomic E-state index is -0.734. The molecule has 4 heterocycles. The molecule has 1 amide bonds. The van der Waals surface area contributed by atoms with Gasteiger partial charge >= 0.3 is 0 Å². The molecule has 31 heavy (non-hydrogen) atoms. The maximum absolute atomic E-state index is 14.2. The lowest BCUT2D eigenvalue weighted by atomic mass is 9.75. The van der Waals surface area contributed by atoms with Gasteiger partial charge in [0.25, 0.3) is 5.91 Å². The van der Waals surface area contributed by atoms with E-state index in [2.05, 4.69) is 25.5 Å². The van der Waals surface area contributed by atoms with Crippen LogP contribution in [0.5, 0.6) is 0 Å². The van der Waals surface area contributed by atoms with Crippen LogP contribution >= 0.6 is 11.6 Å². The van der Waals surface area contributed by atoms with Gasteiger partial charge in [-0.3, -0.25) is 9.48 Å². The summed E-state index contributed by atoms with van der Waals surface area (Å²) in [5, 5.41) is 10.9. The molecule has 4 aromatic rings. The van der Waals surface area contributed by atoms with Gasteiger partial charge in [-0.25, -0.2) is 14.4 Å². The SMILES string of the molecule is Cn1cc(C(C)(Cc2cc(F)cnc2NC(=O)c2ccon2)c2cccc(Cl)n2)cn1. The highest BCUT2D eigenvalue weighted by atomic mass is 35.5. The molecule has 0 saturated heterocycles. The Balaban J connectivity index is 1.77. The van der Waals surface area contributed by atoms with Crippen molar-refractivity contribution in [3.05, 3.63) is 88.7 Å². The number of carbonyl (C=O) groups excluding carboxylic acids is 1. The second-order valence-electron chi connectivity index (χ2n) is 7.26. The van der Waals surface area contributed by atoms with Crippen molar-refractivity contribution in [1.29, 1.82) is 0 Å². The van der Waals surface area contributed by atoms with Crippen LogP contribution < -0.4 is 5.32 Å². The van der Waals surface area contributed by atoms with E-state index in [1.165, 1.54) is 18.4 Å². The largest absolute Gasteiger partial charge is 0.364 e. The summed E-state index contributed by atoms with van der Waals surface area (Å²) in [5.41, 5.74) is 1.35. The second kappa shape index (κ2) is 8.27. The van der Waals surface area contributed by atoms with Crippen LogP contribution in [0.15, 0.2) is 59.7 Å². The molecule has 1 N–H and O–H groups in total. The number of amides is 1. The van der Waals surface area contributed by atoms with Gasteiger partial charge in [0.05, 0.1) is 18.1 Å². The Kier molecular flexibility index (Phi) is 5.51. The lowest BCUT2D eigenvalue weighted by Gasteiger charge is -2.29. The number of hydrogen-bond acceptors (Lipinski definition) is 6. The Labute approximate surface area is 182 Å². The third-order valence-electron chi connectivity index (χ3n) is 5.00. The fourth-order valence-electron chi connectivity index (χ4n) is 3.37. The lowest BCUT2D eigenvalue weighted by molar-refractivity contribution is 0.101. The highest BCUT2D eigenvalue weighted by molar-refractivity contribution is 6.29. The van der Waals surface area contributed by atoms with Crippen molar-refractivity contribution >= 4 is 23.3 Å². The van der Waals surface area contributed by atoms with Crippen LogP contribution in [0.1, 0.15) is 34.2 Å². The first-order chi connectivity index (χ1) is 14.8. The summed E-state index contributed by atoms with van der Waals surface area (Å²) in [7, 11) is 1.81. The molecule has 0 spiro atoms.